The average molecular weight is 239 g/mol. The summed E-state index contributed by atoms with van der Waals surface area (Å²) in [5.41, 5.74) is -4.53. The van der Waals surface area contributed by atoms with E-state index in [0.717, 1.165) is 0 Å². The van der Waals surface area contributed by atoms with Gasteiger partial charge in [0, 0.05) is 17.3 Å². The van der Waals surface area contributed by atoms with Gasteiger partial charge in [0.15, 0.2) is 11.2 Å². The Morgan fingerprint density at radius 3 is 2.59 bits per heavy atom. The van der Waals surface area contributed by atoms with Gasteiger partial charge in [-0.25, -0.2) is 0 Å². The van der Waals surface area contributed by atoms with E-state index in [-0.39, 0.29) is 0 Å². The van der Waals surface area contributed by atoms with Gasteiger partial charge in [-0.3, -0.25) is 4.57 Å². The van der Waals surface area contributed by atoms with Gasteiger partial charge in [-0.2, -0.15) is 0 Å². The van der Waals surface area contributed by atoms with Crippen molar-refractivity contribution in [2.75, 3.05) is 6.61 Å². The number of aliphatic hydroxyl groups excluding tert-OH is 1. The summed E-state index contributed by atoms with van der Waals surface area (Å²) in [6, 6.07) is 0. The topological polar surface area (TPSA) is 115 Å². The molecule has 2 aliphatic heterocycles. The normalized spacial score (nSPS) is 59.2. The molecule has 17 heavy (non-hydrogen) atoms. The van der Waals surface area contributed by atoms with Crippen molar-refractivity contribution >= 4 is 0 Å². The Morgan fingerprint density at radius 1 is 1.24 bits per heavy atom. The maximum absolute atomic E-state index is 10.5. The first-order valence-corrected chi connectivity index (χ1v) is 5.34. The molecule has 0 bridgehead atoms. The zero-order valence-corrected chi connectivity index (χ0v) is 8.45. The summed E-state index contributed by atoms with van der Waals surface area (Å²) in [5, 5.41) is 50.8. The molecule has 5 rings (SSSR count). The van der Waals surface area contributed by atoms with Crippen molar-refractivity contribution in [1.29, 1.82) is 0 Å². The highest BCUT2D eigenvalue weighted by Crippen LogP contribution is 2.83. The molecule has 0 amide bonds. The second kappa shape index (κ2) is 1.76. The van der Waals surface area contributed by atoms with Gasteiger partial charge < -0.3 is 30.3 Å². The fraction of sp³-hybridized carbons (Fsp3) is 0.600. The Kier molecular flexibility index (Phi) is 0.935. The first kappa shape index (κ1) is 9.03. The monoisotopic (exact) mass is 239 g/mol. The van der Waals surface area contributed by atoms with E-state index in [2.05, 4.69) is 0 Å². The van der Waals surface area contributed by atoms with Crippen molar-refractivity contribution in [3.63, 3.8) is 0 Å². The van der Waals surface area contributed by atoms with Crippen molar-refractivity contribution in [1.82, 2.24) is 4.57 Å². The van der Waals surface area contributed by atoms with Crippen molar-refractivity contribution in [3.8, 4) is 0 Å². The number of ether oxygens (including phenoxy) is 1. The minimum atomic E-state index is -2.10. The third-order valence-electron chi connectivity index (χ3n) is 4.93. The van der Waals surface area contributed by atoms with Crippen LogP contribution in [0.2, 0.25) is 0 Å². The van der Waals surface area contributed by atoms with Crippen LogP contribution in [0.5, 0.6) is 0 Å². The molecule has 1 aromatic rings. The first-order valence-electron chi connectivity index (χ1n) is 5.34. The minimum Gasteiger partial charge on any atom is -0.394 e. The van der Waals surface area contributed by atoms with Crippen molar-refractivity contribution < 1.29 is 30.3 Å². The van der Waals surface area contributed by atoms with E-state index >= 15 is 0 Å². The lowest BCUT2D eigenvalue weighted by molar-refractivity contribution is -0.538. The molecule has 90 valence electrons. The van der Waals surface area contributed by atoms with E-state index in [1.54, 1.807) is 0 Å². The predicted molar refractivity (Wildman–Crippen MR) is 48.3 cm³/mol. The molecule has 3 heterocycles. The molecule has 1 saturated heterocycles. The van der Waals surface area contributed by atoms with E-state index < -0.39 is 35.4 Å². The number of rotatable bonds is 1. The van der Waals surface area contributed by atoms with Gasteiger partial charge in [0.05, 0.1) is 12.3 Å². The van der Waals surface area contributed by atoms with Crippen molar-refractivity contribution in [2.24, 2.45) is 0 Å². The summed E-state index contributed by atoms with van der Waals surface area (Å²) in [7, 11) is 0. The minimum absolute atomic E-state index is 0.388. The van der Waals surface area contributed by atoms with Gasteiger partial charge in [-0.15, -0.1) is 0 Å². The summed E-state index contributed by atoms with van der Waals surface area (Å²) in [6.45, 7) is -0.564. The lowest BCUT2D eigenvalue weighted by Gasteiger charge is -2.76. The molecule has 7 heteroatoms. The van der Waals surface area contributed by atoms with Crippen LogP contribution >= 0.6 is 0 Å². The molecule has 0 radical (unpaired) electrons. The van der Waals surface area contributed by atoms with Crippen LogP contribution in [0.4, 0.5) is 0 Å². The molecule has 0 spiro atoms. The summed E-state index contributed by atoms with van der Waals surface area (Å²) in [6.07, 6.45) is 0.288. The molecule has 4 aliphatic rings. The first-order chi connectivity index (χ1) is 7.89. The number of fused-ring (bicyclic) bond motifs is 2. The van der Waals surface area contributed by atoms with E-state index in [4.69, 9.17) is 4.74 Å². The standard InChI is InChI=1S/C10H9NO6/c12-2-4-7(13)3-1-11-6-5(3)8(7,14)9(6,15)10(11,16)17-4/h1,4,12-16H,2H2/t4-,7+,8+,9+,10-/m1/s1. The number of hydrogen-bond donors (Lipinski definition) is 5. The van der Waals surface area contributed by atoms with Gasteiger partial charge in [0.25, 0.3) is 5.91 Å². The van der Waals surface area contributed by atoms with Crippen LogP contribution in [0, 0.1) is 0 Å². The summed E-state index contributed by atoms with van der Waals surface area (Å²) in [5.74, 6) is -2.10. The molecule has 1 aromatic heterocycles. The van der Waals surface area contributed by atoms with Gasteiger partial charge in [-0.05, 0) is 0 Å². The molecule has 5 N–H and O–H groups in total. The Balaban J connectivity index is 1.96. The van der Waals surface area contributed by atoms with Gasteiger partial charge in [0.1, 0.15) is 6.10 Å². The molecular weight excluding hydrogens is 230 g/mol. The number of aromatic nitrogens is 1. The molecule has 0 saturated carbocycles. The van der Waals surface area contributed by atoms with E-state index in [1.165, 1.54) is 10.8 Å². The van der Waals surface area contributed by atoms with Crippen LogP contribution in [-0.4, -0.2) is 42.8 Å². The second-order valence-electron chi connectivity index (χ2n) is 5.22. The number of nitrogens with zero attached hydrogens (tertiary/aromatic N) is 1. The Morgan fingerprint density at radius 2 is 1.94 bits per heavy atom. The molecule has 2 aliphatic carbocycles. The van der Waals surface area contributed by atoms with Crippen molar-refractivity contribution in [2.45, 2.75) is 28.8 Å². The van der Waals surface area contributed by atoms with Crippen LogP contribution in [-0.2, 0) is 27.5 Å². The van der Waals surface area contributed by atoms with E-state index in [0.29, 0.717) is 16.8 Å². The Bertz CT molecular complexity index is 625. The Labute approximate surface area is 94.1 Å². The lowest BCUT2D eigenvalue weighted by Crippen LogP contribution is -2.92. The fourth-order valence-corrected chi connectivity index (χ4v) is 4.16. The third-order valence-corrected chi connectivity index (χ3v) is 4.93. The molecule has 0 unspecified atom stereocenters. The van der Waals surface area contributed by atoms with Crippen LogP contribution < -0.4 is 0 Å². The summed E-state index contributed by atoms with van der Waals surface area (Å²) < 4.78 is 6.47. The fourth-order valence-electron chi connectivity index (χ4n) is 4.16. The highest BCUT2D eigenvalue weighted by molar-refractivity contribution is 5.72. The van der Waals surface area contributed by atoms with Crippen LogP contribution in [0.25, 0.3) is 0 Å². The lowest BCUT2D eigenvalue weighted by atomic mass is 9.40. The van der Waals surface area contributed by atoms with E-state index in [1.807, 2.05) is 0 Å². The maximum atomic E-state index is 10.5. The second-order valence-corrected chi connectivity index (χ2v) is 5.22. The Hall–Kier alpha value is -0.960. The highest BCUT2D eigenvalue weighted by Gasteiger charge is 2.97. The summed E-state index contributed by atoms with van der Waals surface area (Å²) >= 11 is 0. The summed E-state index contributed by atoms with van der Waals surface area (Å²) in [4.78, 5) is 0. The largest absolute Gasteiger partial charge is 0.394 e. The zero-order valence-electron chi connectivity index (χ0n) is 8.45. The van der Waals surface area contributed by atoms with Gasteiger partial charge >= 0.3 is 0 Å². The average Bonchev–Trinajstić information content (AvgIpc) is 2.55. The maximum Gasteiger partial charge on any atom is 0.293 e. The van der Waals surface area contributed by atoms with Crippen LogP contribution in [0.3, 0.4) is 0 Å². The predicted octanol–water partition coefficient (Wildman–Crippen LogP) is -2.91. The molecule has 1 fully saturated rings. The van der Waals surface area contributed by atoms with Crippen LogP contribution in [0.1, 0.15) is 16.8 Å². The van der Waals surface area contributed by atoms with Gasteiger partial charge in [0.2, 0.25) is 5.60 Å². The van der Waals surface area contributed by atoms with Crippen molar-refractivity contribution in [3.05, 3.63) is 23.0 Å². The molecule has 5 atom stereocenters. The third kappa shape index (κ3) is 0.409. The van der Waals surface area contributed by atoms with E-state index in [9.17, 15) is 25.5 Å². The highest BCUT2D eigenvalue weighted by atomic mass is 16.7. The smallest absolute Gasteiger partial charge is 0.293 e. The SMILES string of the molecule is OC[C@H]1O[C@@]2(O)n3cc4c5c3[C@]2(O)[C@@]5(O)[C@]41O. The van der Waals surface area contributed by atoms with Crippen LogP contribution in [0.15, 0.2) is 6.20 Å². The number of aliphatic hydroxyl groups is 5. The number of hydrogen-bond acceptors (Lipinski definition) is 6. The zero-order chi connectivity index (χ0) is 12.0. The quantitative estimate of drug-likeness (QED) is 0.359. The molecular formula is C10H9NO6. The molecule has 7 nitrogen and oxygen atoms in total. The molecule has 0 aromatic carbocycles. The van der Waals surface area contributed by atoms with Gasteiger partial charge in [-0.1, -0.05) is 0 Å².